The zero-order valence-electron chi connectivity index (χ0n) is 14.3. The van der Waals surface area contributed by atoms with Crippen molar-refractivity contribution in [2.24, 2.45) is 17.1 Å². The Labute approximate surface area is 155 Å². The van der Waals surface area contributed by atoms with Crippen LogP contribution in [0.1, 0.15) is 30.7 Å². The van der Waals surface area contributed by atoms with Gasteiger partial charge in [-0.15, -0.1) is 0 Å². The maximum atomic E-state index is 12.9. The number of rotatable bonds is 3. The number of para-hydroxylation sites is 1. The molecular weight excluding hydrogens is 350 g/mol. The summed E-state index contributed by atoms with van der Waals surface area (Å²) in [6.45, 7) is -3.04. The Hall–Kier alpha value is -3.37. The molecule has 0 radical (unpaired) electrons. The van der Waals surface area contributed by atoms with Crippen molar-refractivity contribution in [3.63, 3.8) is 0 Å². The summed E-state index contributed by atoms with van der Waals surface area (Å²) in [6, 6.07) is 12.1. The molecule has 1 aromatic carbocycles. The highest BCUT2D eigenvalue weighted by Crippen LogP contribution is 2.57. The number of allylic oxidation sites excluding steroid dienone is 4. The van der Waals surface area contributed by atoms with Crippen molar-refractivity contribution in [2.75, 3.05) is 0 Å². The number of hydrogen-bond acceptors (Lipinski definition) is 5. The fourth-order valence-electron chi connectivity index (χ4n) is 4.16. The van der Waals surface area contributed by atoms with Crippen LogP contribution < -0.4 is 10.5 Å². The van der Waals surface area contributed by atoms with Crippen LogP contribution in [-0.2, 0) is 0 Å². The minimum Gasteiger partial charge on any atom is -0.435 e. The smallest absolute Gasteiger partial charge is 0.387 e. The second-order valence-corrected chi connectivity index (χ2v) is 6.52. The molecule has 27 heavy (non-hydrogen) atoms. The molecule has 0 saturated heterocycles. The molecule has 2 aliphatic carbocycles. The molecule has 0 unspecified atom stereocenters. The Bertz CT molecular complexity index is 932. The fourth-order valence-corrected chi connectivity index (χ4v) is 4.16. The molecule has 2 aliphatic rings. The van der Waals surface area contributed by atoms with E-state index in [1.807, 2.05) is 24.3 Å². The van der Waals surface area contributed by atoms with Gasteiger partial charge in [-0.25, -0.2) is 0 Å². The van der Waals surface area contributed by atoms with E-state index < -0.39 is 17.9 Å². The largest absolute Gasteiger partial charge is 0.435 e. The second-order valence-electron chi connectivity index (χ2n) is 6.52. The van der Waals surface area contributed by atoms with Gasteiger partial charge in [-0.2, -0.15) is 24.6 Å². The predicted octanol–water partition coefficient (Wildman–Crippen LogP) is 3.88. The standard InChI is InChI=1S/C20H16F2N4O/c21-19(22)27-16-8-4-3-7-14(16)17-13-6-2-1-5-12(13)15(9-23)18(26)20(17,10-24)11-25/h3-5,7-8,13,17,19H,1-2,6,26H2/t13-,17-/m1/s1. The van der Waals surface area contributed by atoms with Gasteiger partial charge in [0.25, 0.3) is 0 Å². The third kappa shape index (κ3) is 2.80. The minimum absolute atomic E-state index is 0.0921. The van der Waals surface area contributed by atoms with Gasteiger partial charge in [-0.05, 0) is 36.8 Å². The van der Waals surface area contributed by atoms with Crippen LogP contribution in [0.15, 0.2) is 47.2 Å². The van der Waals surface area contributed by atoms with Crippen molar-refractivity contribution in [3.05, 3.63) is 52.7 Å². The number of benzene rings is 1. The number of nitrogens with two attached hydrogens (primary N) is 1. The molecule has 0 spiro atoms. The van der Waals surface area contributed by atoms with Crippen molar-refractivity contribution < 1.29 is 13.5 Å². The first kappa shape index (κ1) is 18.4. The van der Waals surface area contributed by atoms with Crippen molar-refractivity contribution in [2.45, 2.75) is 31.8 Å². The monoisotopic (exact) mass is 366 g/mol. The zero-order valence-corrected chi connectivity index (χ0v) is 14.3. The molecule has 0 amide bonds. The van der Waals surface area contributed by atoms with Crippen LogP contribution in [-0.4, -0.2) is 6.61 Å². The Morgan fingerprint density at radius 2 is 1.89 bits per heavy atom. The highest BCUT2D eigenvalue weighted by Gasteiger charge is 2.54. The molecule has 0 bridgehead atoms. The molecule has 136 valence electrons. The van der Waals surface area contributed by atoms with Gasteiger partial charge < -0.3 is 10.5 Å². The molecule has 0 fully saturated rings. The van der Waals surface area contributed by atoms with E-state index in [0.29, 0.717) is 17.6 Å². The van der Waals surface area contributed by atoms with Gasteiger partial charge in [0.1, 0.15) is 11.8 Å². The van der Waals surface area contributed by atoms with Crippen LogP contribution in [0, 0.1) is 45.3 Å². The molecule has 0 aromatic heterocycles. The summed E-state index contributed by atoms with van der Waals surface area (Å²) in [7, 11) is 0. The van der Waals surface area contributed by atoms with E-state index in [9.17, 15) is 24.6 Å². The lowest BCUT2D eigenvalue weighted by Gasteiger charge is -2.43. The van der Waals surface area contributed by atoms with E-state index >= 15 is 0 Å². The lowest BCUT2D eigenvalue weighted by Crippen LogP contribution is -2.42. The number of nitriles is 3. The number of nitrogens with zero attached hydrogens (tertiary/aromatic N) is 3. The number of fused-ring (bicyclic) bond motifs is 1. The van der Waals surface area contributed by atoms with E-state index in [2.05, 4.69) is 4.74 Å². The summed E-state index contributed by atoms with van der Waals surface area (Å²) < 4.78 is 30.5. The average molecular weight is 366 g/mol. The van der Waals surface area contributed by atoms with Crippen molar-refractivity contribution in [1.82, 2.24) is 0 Å². The topological polar surface area (TPSA) is 107 Å². The fraction of sp³-hybridized carbons (Fsp3) is 0.350. The molecule has 2 N–H and O–H groups in total. The first-order valence-corrected chi connectivity index (χ1v) is 8.47. The van der Waals surface area contributed by atoms with E-state index in [0.717, 1.165) is 12.8 Å². The highest BCUT2D eigenvalue weighted by molar-refractivity contribution is 5.60. The number of hydrogen-bond donors (Lipinski definition) is 1. The number of halogens is 2. The summed E-state index contributed by atoms with van der Waals surface area (Å²) >= 11 is 0. The normalized spacial score (nSPS) is 23.5. The SMILES string of the molecule is N#CC1=C(N)C(C#N)(C#N)[C@@H](c2ccccc2OC(F)F)[C@@H]2CCCC=C12. The number of alkyl halides is 2. The van der Waals surface area contributed by atoms with Crippen LogP contribution in [0.25, 0.3) is 0 Å². The summed E-state index contributed by atoms with van der Waals surface area (Å²) in [6.07, 6.45) is 4.05. The molecule has 0 aliphatic heterocycles. The Morgan fingerprint density at radius 1 is 1.19 bits per heavy atom. The van der Waals surface area contributed by atoms with Crippen LogP contribution in [0.4, 0.5) is 8.78 Å². The quantitative estimate of drug-likeness (QED) is 0.873. The molecule has 7 heteroatoms. The number of ether oxygens (including phenoxy) is 1. The van der Waals surface area contributed by atoms with Gasteiger partial charge in [0, 0.05) is 11.5 Å². The van der Waals surface area contributed by atoms with E-state index in [1.165, 1.54) is 6.07 Å². The summed E-state index contributed by atoms with van der Waals surface area (Å²) in [5, 5.41) is 29.4. The van der Waals surface area contributed by atoms with E-state index in [1.54, 1.807) is 18.2 Å². The third-order valence-electron chi connectivity index (χ3n) is 5.27. The molecule has 3 rings (SSSR count). The molecule has 5 nitrogen and oxygen atoms in total. The first-order valence-electron chi connectivity index (χ1n) is 8.47. The molecule has 2 atom stereocenters. The lowest BCUT2D eigenvalue weighted by molar-refractivity contribution is -0.0509. The lowest BCUT2D eigenvalue weighted by atomic mass is 9.56. The average Bonchev–Trinajstić information content (AvgIpc) is 2.67. The first-order chi connectivity index (χ1) is 13.0. The van der Waals surface area contributed by atoms with Crippen molar-refractivity contribution in [1.29, 1.82) is 15.8 Å². The maximum Gasteiger partial charge on any atom is 0.387 e. The maximum absolute atomic E-state index is 12.9. The van der Waals surface area contributed by atoms with Crippen LogP contribution >= 0.6 is 0 Å². The molecule has 1 aromatic rings. The van der Waals surface area contributed by atoms with E-state index in [-0.39, 0.29) is 22.9 Å². The van der Waals surface area contributed by atoms with Gasteiger partial charge in [0.05, 0.1) is 23.4 Å². The van der Waals surface area contributed by atoms with Crippen molar-refractivity contribution in [3.8, 4) is 24.0 Å². The molecule has 0 heterocycles. The highest BCUT2D eigenvalue weighted by atomic mass is 19.3. The van der Waals surface area contributed by atoms with Crippen molar-refractivity contribution >= 4 is 0 Å². The van der Waals surface area contributed by atoms with Gasteiger partial charge >= 0.3 is 6.61 Å². The summed E-state index contributed by atoms with van der Waals surface area (Å²) in [5.41, 5.74) is 5.33. The Morgan fingerprint density at radius 3 is 2.52 bits per heavy atom. The van der Waals surface area contributed by atoms with Crippen LogP contribution in [0.3, 0.4) is 0 Å². The van der Waals surface area contributed by atoms with Gasteiger partial charge in [-0.3, -0.25) is 0 Å². The summed E-state index contributed by atoms with van der Waals surface area (Å²) in [4.78, 5) is 0. The minimum atomic E-state index is -3.04. The van der Waals surface area contributed by atoms with Gasteiger partial charge in [-0.1, -0.05) is 24.3 Å². The molecular formula is C20H16F2N4O. The second kappa shape index (κ2) is 7.09. The zero-order chi connectivity index (χ0) is 19.6. The Kier molecular flexibility index (Phi) is 4.84. The van der Waals surface area contributed by atoms with E-state index in [4.69, 9.17) is 5.73 Å². The van der Waals surface area contributed by atoms with Crippen LogP contribution in [0.5, 0.6) is 5.75 Å². The predicted molar refractivity (Wildman–Crippen MR) is 91.7 cm³/mol. The summed E-state index contributed by atoms with van der Waals surface area (Å²) in [5.74, 6) is -1.26. The molecule has 0 saturated carbocycles. The Balaban J connectivity index is 2.32. The van der Waals surface area contributed by atoms with Gasteiger partial charge in [0.2, 0.25) is 0 Å². The van der Waals surface area contributed by atoms with Crippen LogP contribution in [0.2, 0.25) is 0 Å². The third-order valence-corrected chi connectivity index (χ3v) is 5.27. The van der Waals surface area contributed by atoms with Gasteiger partial charge in [0.15, 0.2) is 5.41 Å².